The molecule has 30 heavy (non-hydrogen) atoms. The standard InChI is InChI=1S/C22H25N3O4S/c1-15-20(16(2)25(23-15)19-11-13-30(28,29)14-19)9-10-21(26)17-5-7-18(8-6-17)24-12-3-4-22(24)27/h5-10,19H,3-4,11-14H2,1-2H3/b10-9+. The molecule has 2 saturated heterocycles. The first-order valence-corrected chi connectivity index (χ1v) is 12.0. The highest BCUT2D eigenvalue weighted by Gasteiger charge is 2.31. The van der Waals surface area contributed by atoms with Crippen molar-refractivity contribution in [3.05, 3.63) is 52.9 Å². The number of allylic oxidation sites excluding steroid dienone is 1. The molecule has 1 aromatic carbocycles. The fraction of sp³-hybridized carbons (Fsp3) is 0.409. The molecule has 158 valence electrons. The third-order valence-corrected chi connectivity index (χ3v) is 7.62. The van der Waals surface area contributed by atoms with Crippen LogP contribution in [-0.2, 0) is 14.6 Å². The molecule has 0 radical (unpaired) electrons. The van der Waals surface area contributed by atoms with E-state index in [9.17, 15) is 18.0 Å². The van der Waals surface area contributed by atoms with E-state index in [-0.39, 0.29) is 29.2 Å². The van der Waals surface area contributed by atoms with Crippen LogP contribution in [0.3, 0.4) is 0 Å². The number of nitrogens with zero attached hydrogens (tertiary/aromatic N) is 3. The summed E-state index contributed by atoms with van der Waals surface area (Å²) in [6, 6.07) is 6.94. The molecule has 1 aromatic heterocycles. The molecule has 1 amide bonds. The second-order valence-electron chi connectivity index (χ2n) is 7.98. The van der Waals surface area contributed by atoms with E-state index in [1.807, 2.05) is 13.8 Å². The minimum atomic E-state index is -3.00. The highest BCUT2D eigenvalue weighted by atomic mass is 32.2. The molecule has 4 rings (SSSR count). The molecule has 8 heteroatoms. The Hall–Kier alpha value is -2.74. The average molecular weight is 428 g/mol. The zero-order valence-electron chi connectivity index (χ0n) is 17.2. The first-order chi connectivity index (χ1) is 14.2. The van der Waals surface area contributed by atoms with Crippen molar-refractivity contribution >= 4 is 33.3 Å². The van der Waals surface area contributed by atoms with Crippen molar-refractivity contribution < 1.29 is 18.0 Å². The van der Waals surface area contributed by atoms with Crippen LogP contribution in [0.15, 0.2) is 30.3 Å². The summed E-state index contributed by atoms with van der Waals surface area (Å²) in [4.78, 5) is 26.2. The van der Waals surface area contributed by atoms with Crippen LogP contribution in [0.4, 0.5) is 5.69 Å². The van der Waals surface area contributed by atoms with Crippen LogP contribution in [0.5, 0.6) is 0 Å². The number of anilines is 1. The number of hydrogen-bond donors (Lipinski definition) is 0. The third-order valence-electron chi connectivity index (χ3n) is 5.87. The van der Waals surface area contributed by atoms with E-state index in [1.54, 1.807) is 39.9 Å². The highest BCUT2D eigenvalue weighted by Crippen LogP contribution is 2.27. The monoisotopic (exact) mass is 427 g/mol. The predicted molar refractivity (Wildman–Crippen MR) is 115 cm³/mol. The van der Waals surface area contributed by atoms with Gasteiger partial charge in [0.15, 0.2) is 15.6 Å². The quantitative estimate of drug-likeness (QED) is 0.541. The zero-order valence-corrected chi connectivity index (χ0v) is 18.0. The van der Waals surface area contributed by atoms with Crippen molar-refractivity contribution in [2.75, 3.05) is 23.0 Å². The number of hydrogen-bond acceptors (Lipinski definition) is 5. The summed E-state index contributed by atoms with van der Waals surface area (Å²) in [6.45, 7) is 4.48. The Labute approximate surface area is 176 Å². The second-order valence-corrected chi connectivity index (χ2v) is 10.2. The topological polar surface area (TPSA) is 89.3 Å². The number of rotatable bonds is 5. The summed E-state index contributed by atoms with van der Waals surface area (Å²) >= 11 is 0. The van der Waals surface area contributed by atoms with Crippen molar-refractivity contribution in [1.29, 1.82) is 0 Å². The van der Waals surface area contributed by atoms with Gasteiger partial charge in [-0.2, -0.15) is 5.10 Å². The molecule has 2 aliphatic rings. The van der Waals surface area contributed by atoms with Gasteiger partial charge in [-0.1, -0.05) is 0 Å². The van der Waals surface area contributed by atoms with Crippen LogP contribution in [0.1, 0.15) is 52.6 Å². The number of benzene rings is 1. The molecule has 2 aliphatic heterocycles. The molecule has 0 bridgehead atoms. The largest absolute Gasteiger partial charge is 0.312 e. The second kappa shape index (κ2) is 7.83. The normalized spacial score (nSPS) is 21.1. The zero-order chi connectivity index (χ0) is 21.5. The number of aromatic nitrogens is 2. The first kappa shape index (κ1) is 20.5. The molecular weight excluding hydrogens is 402 g/mol. The summed E-state index contributed by atoms with van der Waals surface area (Å²) in [5.41, 5.74) is 3.83. The average Bonchev–Trinajstić information content (AvgIpc) is 3.37. The Morgan fingerprint density at radius 1 is 1.20 bits per heavy atom. The van der Waals surface area contributed by atoms with Crippen LogP contribution in [0.25, 0.3) is 6.08 Å². The Morgan fingerprint density at radius 3 is 2.53 bits per heavy atom. The Balaban J connectivity index is 1.50. The number of carbonyl (C=O) groups is 2. The van der Waals surface area contributed by atoms with E-state index in [2.05, 4.69) is 5.10 Å². The molecule has 2 aromatic rings. The Bertz CT molecular complexity index is 1130. The van der Waals surface area contributed by atoms with Gasteiger partial charge in [-0.3, -0.25) is 14.3 Å². The van der Waals surface area contributed by atoms with Crippen molar-refractivity contribution in [1.82, 2.24) is 9.78 Å². The van der Waals surface area contributed by atoms with Gasteiger partial charge in [0.05, 0.1) is 23.2 Å². The maximum atomic E-state index is 12.6. The summed E-state index contributed by atoms with van der Waals surface area (Å²) < 4.78 is 25.4. The van der Waals surface area contributed by atoms with E-state index in [4.69, 9.17) is 0 Å². The van der Waals surface area contributed by atoms with Gasteiger partial charge in [-0.05, 0) is 63.1 Å². The van der Waals surface area contributed by atoms with E-state index in [1.165, 1.54) is 6.08 Å². The van der Waals surface area contributed by atoms with Crippen molar-refractivity contribution in [2.45, 2.75) is 39.2 Å². The Kier molecular flexibility index (Phi) is 5.36. The van der Waals surface area contributed by atoms with Crippen LogP contribution in [0, 0.1) is 13.8 Å². The highest BCUT2D eigenvalue weighted by molar-refractivity contribution is 7.91. The fourth-order valence-electron chi connectivity index (χ4n) is 4.22. The van der Waals surface area contributed by atoms with Crippen LogP contribution < -0.4 is 4.90 Å². The number of sulfone groups is 1. The van der Waals surface area contributed by atoms with Gasteiger partial charge in [-0.15, -0.1) is 0 Å². The summed E-state index contributed by atoms with van der Waals surface area (Å²) in [7, 11) is -3.00. The summed E-state index contributed by atoms with van der Waals surface area (Å²) in [6.07, 6.45) is 5.27. The van der Waals surface area contributed by atoms with Crippen LogP contribution in [-0.4, -0.2) is 47.9 Å². The minimum Gasteiger partial charge on any atom is -0.312 e. The number of ketones is 1. The van der Waals surface area contributed by atoms with Gasteiger partial charge in [0.25, 0.3) is 0 Å². The molecule has 1 unspecified atom stereocenters. The predicted octanol–water partition coefficient (Wildman–Crippen LogP) is 2.88. The number of amides is 1. The van der Waals surface area contributed by atoms with Crippen LogP contribution >= 0.6 is 0 Å². The third kappa shape index (κ3) is 3.96. The molecule has 0 aliphatic carbocycles. The van der Waals surface area contributed by atoms with Crippen LogP contribution in [0.2, 0.25) is 0 Å². The SMILES string of the molecule is Cc1nn(C2CCS(=O)(=O)C2)c(C)c1/C=C/C(=O)c1ccc(N2CCCC2=O)cc1. The van der Waals surface area contributed by atoms with E-state index in [0.717, 1.165) is 35.6 Å². The van der Waals surface area contributed by atoms with E-state index in [0.29, 0.717) is 18.4 Å². The van der Waals surface area contributed by atoms with Crippen molar-refractivity contribution in [3.63, 3.8) is 0 Å². The molecule has 3 heterocycles. The van der Waals surface area contributed by atoms with Crippen molar-refractivity contribution in [3.8, 4) is 0 Å². The molecule has 0 N–H and O–H groups in total. The molecule has 0 spiro atoms. The lowest BCUT2D eigenvalue weighted by atomic mass is 10.1. The lowest BCUT2D eigenvalue weighted by molar-refractivity contribution is -0.117. The minimum absolute atomic E-state index is 0.114. The number of carbonyl (C=O) groups excluding carboxylic acids is 2. The van der Waals surface area contributed by atoms with Gasteiger partial charge < -0.3 is 4.90 Å². The molecule has 0 saturated carbocycles. The summed E-state index contributed by atoms with van der Waals surface area (Å²) in [5.74, 6) is 0.290. The smallest absolute Gasteiger partial charge is 0.227 e. The lowest BCUT2D eigenvalue weighted by Crippen LogP contribution is -2.23. The van der Waals surface area contributed by atoms with Crippen molar-refractivity contribution in [2.24, 2.45) is 0 Å². The van der Waals surface area contributed by atoms with Gasteiger partial charge in [0.1, 0.15) is 0 Å². The lowest BCUT2D eigenvalue weighted by Gasteiger charge is -2.15. The number of aryl methyl sites for hydroxylation is 1. The molecule has 1 atom stereocenters. The van der Waals surface area contributed by atoms with Gasteiger partial charge in [0.2, 0.25) is 5.91 Å². The van der Waals surface area contributed by atoms with E-state index >= 15 is 0 Å². The fourth-order valence-corrected chi connectivity index (χ4v) is 5.91. The van der Waals surface area contributed by atoms with Gasteiger partial charge in [0, 0.05) is 35.5 Å². The van der Waals surface area contributed by atoms with Gasteiger partial charge in [-0.25, -0.2) is 8.42 Å². The maximum absolute atomic E-state index is 12.6. The summed E-state index contributed by atoms with van der Waals surface area (Å²) in [5, 5.41) is 4.52. The van der Waals surface area contributed by atoms with E-state index < -0.39 is 9.84 Å². The maximum Gasteiger partial charge on any atom is 0.227 e. The first-order valence-electron chi connectivity index (χ1n) is 10.1. The van der Waals surface area contributed by atoms with Gasteiger partial charge >= 0.3 is 0 Å². The molecular formula is C22H25N3O4S. The molecule has 2 fully saturated rings. The molecule has 7 nitrogen and oxygen atoms in total. The Morgan fingerprint density at radius 2 is 1.93 bits per heavy atom.